The number of aryl methyl sites for hydroxylation is 1. The smallest absolute Gasteiger partial charge is 0.164 e. The van der Waals surface area contributed by atoms with Crippen molar-refractivity contribution in [3.8, 4) is 5.75 Å². The summed E-state index contributed by atoms with van der Waals surface area (Å²) in [5, 5.41) is 13.7. The largest absolute Gasteiger partial charge is 0.485 e. The van der Waals surface area contributed by atoms with Gasteiger partial charge in [-0.15, -0.1) is 0 Å². The Balaban J connectivity index is 2.11. The van der Waals surface area contributed by atoms with Gasteiger partial charge in [-0.1, -0.05) is 18.2 Å². The lowest BCUT2D eigenvalue weighted by molar-refractivity contribution is 0.189. The van der Waals surface area contributed by atoms with Crippen LogP contribution in [0, 0.1) is 0 Å². The van der Waals surface area contributed by atoms with Gasteiger partial charge in [0.1, 0.15) is 18.7 Å². The Morgan fingerprint density at radius 1 is 1.39 bits per heavy atom. The molecule has 1 N–H and O–H groups in total. The Labute approximate surface area is 106 Å². The molecule has 0 bridgehead atoms. The molecule has 0 radical (unpaired) electrons. The van der Waals surface area contributed by atoms with Crippen molar-refractivity contribution in [3.05, 3.63) is 42.0 Å². The van der Waals surface area contributed by atoms with Gasteiger partial charge in [0.05, 0.1) is 6.10 Å². The van der Waals surface area contributed by atoms with Crippen molar-refractivity contribution in [2.24, 2.45) is 0 Å². The van der Waals surface area contributed by atoms with Crippen LogP contribution in [0.4, 0.5) is 0 Å². The van der Waals surface area contributed by atoms with E-state index in [1.165, 1.54) is 6.33 Å². The minimum absolute atomic E-state index is 0.345. The zero-order valence-corrected chi connectivity index (χ0v) is 10.6. The Kier molecular flexibility index (Phi) is 3.94. The van der Waals surface area contributed by atoms with E-state index >= 15 is 0 Å². The maximum absolute atomic E-state index is 9.65. The van der Waals surface area contributed by atoms with Crippen LogP contribution in [0.3, 0.4) is 0 Å². The van der Waals surface area contributed by atoms with Crippen LogP contribution < -0.4 is 4.74 Å². The van der Waals surface area contributed by atoms with Crippen molar-refractivity contribution in [2.45, 2.75) is 33.1 Å². The second kappa shape index (κ2) is 5.64. The number of aliphatic hydroxyl groups excluding tert-OH is 1. The second-order valence-electron chi connectivity index (χ2n) is 3.99. The molecule has 0 aliphatic carbocycles. The summed E-state index contributed by atoms with van der Waals surface area (Å²) >= 11 is 0. The first-order valence-corrected chi connectivity index (χ1v) is 5.98. The molecule has 96 valence electrons. The Morgan fingerprint density at radius 2 is 2.17 bits per heavy atom. The molecule has 0 amide bonds. The van der Waals surface area contributed by atoms with Crippen molar-refractivity contribution in [1.29, 1.82) is 0 Å². The van der Waals surface area contributed by atoms with E-state index in [2.05, 4.69) is 10.1 Å². The third-order valence-electron chi connectivity index (χ3n) is 2.72. The number of para-hydroxylation sites is 1. The van der Waals surface area contributed by atoms with Crippen LogP contribution in [0.5, 0.6) is 5.75 Å². The average Bonchev–Trinajstić information content (AvgIpc) is 2.84. The van der Waals surface area contributed by atoms with Crippen LogP contribution in [0.1, 0.15) is 31.3 Å². The highest BCUT2D eigenvalue weighted by atomic mass is 16.5. The van der Waals surface area contributed by atoms with Gasteiger partial charge in [0, 0.05) is 12.1 Å². The van der Waals surface area contributed by atoms with E-state index in [-0.39, 0.29) is 0 Å². The van der Waals surface area contributed by atoms with Gasteiger partial charge in [0.25, 0.3) is 0 Å². The van der Waals surface area contributed by atoms with Gasteiger partial charge in [-0.25, -0.2) is 9.67 Å². The molecule has 1 unspecified atom stereocenters. The molecular weight excluding hydrogens is 230 g/mol. The monoisotopic (exact) mass is 247 g/mol. The molecule has 0 aliphatic rings. The molecule has 2 rings (SSSR count). The topological polar surface area (TPSA) is 60.2 Å². The fourth-order valence-corrected chi connectivity index (χ4v) is 1.76. The summed E-state index contributed by atoms with van der Waals surface area (Å²) in [6.07, 6.45) is 0.966. The van der Waals surface area contributed by atoms with Crippen LogP contribution in [0.15, 0.2) is 30.6 Å². The highest BCUT2D eigenvalue weighted by Gasteiger charge is 2.10. The zero-order valence-electron chi connectivity index (χ0n) is 10.6. The van der Waals surface area contributed by atoms with Crippen molar-refractivity contribution in [2.75, 3.05) is 0 Å². The van der Waals surface area contributed by atoms with E-state index < -0.39 is 6.10 Å². The van der Waals surface area contributed by atoms with Crippen LogP contribution in [-0.4, -0.2) is 19.9 Å². The molecule has 0 fully saturated rings. The van der Waals surface area contributed by atoms with Gasteiger partial charge in [-0.2, -0.15) is 5.10 Å². The fourth-order valence-electron chi connectivity index (χ4n) is 1.76. The fraction of sp³-hybridized carbons (Fsp3) is 0.385. The molecule has 18 heavy (non-hydrogen) atoms. The predicted octanol–water partition coefficient (Wildman–Crippen LogP) is 1.93. The van der Waals surface area contributed by atoms with Gasteiger partial charge in [0.15, 0.2) is 5.82 Å². The molecule has 1 aromatic carbocycles. The molecule has 1 atom stereocenters. The number of benzene rings is 1. The molecule has 0 spiro atoms. The maximum Gasteiger partial charge on any atom is 0.164 e. The van der Waals surface area contributed by atoms with E-state index in [1.54, 1.807) is 11.6 Å². The summed E-state index contributed by atoms with van der Waals surface area (Å²) in [5.41, 5.74) is 0.778. The van der Waals surface area contributed by atoms with Gasteiger partial charge in [0.2, 0.25) is 0 Å². The first kappa shape index (κ1) is 12.6. The van der Waals surface area contributed by atoms with Crippen molar-refractivity contribution in [3.63, 3.8) is 0 Å². The average molecular weight is 247 g/mol. The van der Waals surface area contributed by atoms with Crippen LogP contribution in [0.2, 0.25) is 0 Å². The molecule has 0 aliphatic heterocycles. The Morgan fingerprint density at radius 3 is 2.89 bits per heavy atom. The van der Waals surface area contributed by atoms with Gasteiger partial charge >= 0.3 is 0 Å². The van der Waals surface area contributed by atoms with Crippen molar-refractivity contribution >= 4 is 0 Å². The number of nitrogens with zero attached hydrogens (tertiary/aromatic N) is 3. The minimum atomic E-state index is -0.551. The first-order chi connectivity index (χ1) is 8.72. The summed E-state index contributed by atoms with van der Waals surface area (Å²) < 4.78 is 7.48. The van der Waals surface area contributed by atoms with E-state index in [9.17, 15) is 5.11 Å². The van der Waals surface area contributed by atoms with Crippen LogP contribution in [-0.2, 0) is 13.2 Å². The number of ether oxygens (including phenoxy) is 1. The second-order valence-corrected chi connectivity index (χ2v) is 3.99. The SMILES string of the molecule is CCn1ncnc1COc1ccccc1C(C)O. The molecule has 5 nitrogen and oxygen atoms in total. The van der Waals surface area contributed by atoms with E-state index in [4.69, 9.17) is 4.74 Å². The van der Waals surface area contributed by atoms with Crippen LogP contribution in [0.25, 0.3) is 0 Å². The number of aromatic nitrogens is 3. The highest BCUT2D eigenvalue weighted by molar-refractivity contribution is 5.34. The summed E-state index contributed by atoms with van der Waals surface area (Å²) in [6, 6.07) is 7.45. The number of aliphatic hydroxyl groups is 1. The minimum Gasteiger partial charge on any atom is -0.485 e. The highest BCUT2D eigenvalue weighted by Crippen LogP contribution is 2.25. The zero-order chi connectivity index (χ0) is 13.0. The predicted molar refractivity (Wildman–Crippen MR) is 67.1 cm³/mol. The summed E-state index contributed by atoms with van der Waals surface area (Å²) in [6.45, 7) is 4.83. The van der Waals surface area contributed by atoms with E-state index in [0.717, 1.165) is 17.9 Å². The third kappa shape index (κ3) is 2.68. The summed E-state index contributed by atoms with van der Waals surface area (Å²) in [5.74, 6) is 1.45. The third-order valence-corrected chi connectivity index (χ3v) is 2.72. The molecule has 1 aromatic heterocycles. The maximum atomic E-state index is 9.65. The lowest BCUT2D eigenvalue weighted by atomic mass is 10.1. The standard InChI is InChI=1S/C13H17N3O2/c1-3-16-13(14-9-15-16)8-18-12-7-5-4-6-11(12)10(2)17/h4-7,9-10,17H,3,8H2,1-2H3. The Bertz CT molecular complexity index is 508. The summed E-state index contributed by atoms with van der Waals surface area (Å²) in [4.78, 5) is 4.14. The molecule has 0 saturated heterocycles. The first-order valence-electron chi connectivity index (χ1n) is 5.98. The molecular formula is C13H17N3O2. The van der Waals surface area contributed by atoms with Crippen molar-refractivity contribution < 1.29 is 9.84 Å². The quantitative estimate of drug-likeness (QED) is 0.877. The number of rotatable bonds is 5. The van der Waals surface area contributed by atoms with E-state index in [0.29, 0.717) is 12.4 Å². The normalized spacial score (nSPS) is 12.4. The molecule has 1 heterocycles. The van der Waals surface area contributed by atoms with Gasteiger partial charge in [-0.3, -0.25) is 0 Å². The molecule has 0 saturated carbocycles. The van der Waals surface area contributed by atoms with Crippen LogP contribution >= 0.6 is 0 Å². The lowest BCUT2D eigenvalue weighted by Crippen LogP contribution is -2.08. The number of hydrogen-bond acceptors (Lipinski definition) is 4. The van der Waals surface area contributed by atoms with Gasteiger partial charge < -0.3 is 9.84 Å². The molecule has 5 heteroatoms. The lowest BCUT2D eigenvalue weighted by Gasteiger charge is -2.13. The Hall–Kier alpha value is -1.88. The summed E-state index contributed by atoms with van der Waals surface area (Å²) in [7, 11) is 0. The number of hydrogen-bond donors (Lipinski definition) is 1. The van der Waals surface area contributed by atoms with Crippen molar-refractivity contribution in [1.82, 2.24) is 14.8 Å². The van der Waals surface area contributed by atoms with E-state index in [1.807, 2.05) is 31.2 Å². The molecule has 2 aromatic rings. The van der Waals surface area contributed by atoms with Gasteiger partial charge in [-0.05, 0) is 19.9 Å².